The smallest absolute Gasteiger partial charge is 0.116 e. The Hall–Kier alpha value is -2.45. The molecule has 2 nitrogen and oxygen atoms in total. The summed E-state index contributed by atoms with van der Waals surface area (Å²) in [6.45, 7) is 6.74. The van der Waals surface area contributed by atoms with Gasteiger partial charge in [-0.3, -0.25) is 0 Å². The third kappa shape index (κ3) is 4.00. The topological polar surface area (TPSA) is 32.3 Å². The molecule has 0 bridgehead atoms. The van der Waals surface area contributed by atoms with Crippen molar-refractivity contribution in [2.75, 3.05) is 5.32 Å². The SMILES string of the molecule is CC(C)Cc1ccc(C2c3cc(O)ccc3NC2(C)Cc2ccccc2Cl)cc1. The number of nitrogens with one attached hydrogen (secondary N) is 1. The number of rotatable bonds is 5. The maximum absolute atomic E-state index is 10.2. The third-order valence-electron chi connectivity index (χ3n) is 5.88. The summed E-state index contributed by atoms with van der Waals surface area (Å²) in [6.07, 6.45) is 1.87. The van der Waals surface area contributed by atoms with Gasteiger partial charge in [0.2, 0.25) is 0 Å². The van der Waals surface area contributed by atoms with Gasteiger partial charge in [-0.25, -0.2) is 0 Å². The molecular formula is C26H28ClNO. The van der Waals surface area contributed by atoms with Crippen LogP contribution in [0.15, 0.2) is 66.7 Å². The summed E-state index contributed by atoms with van der Waals surface area (Å²) in [5, 5.41) is 14.7. The maximum Gasteiger partial charge on any atom is 0.116 e. The fraction of sp³-hybridized carbons (Fsp3) is 0.308. The highest BCUT2D eigenvalue weighted by Crippen LogP contribution is 2.49. The molecule has 1 aliphatic heterocycles. The molecule has 0 saturated heterocycles. The number of halogens is 1. The van der Waals surface area contributed by atoms with Crippen molar-refractivity contribution in [2.24, 2.45) is 5.92 Å². The van der Waals surface area contributed by atoms with Gasteiger partial charge in [-0.05, 0) is 72.2 Å². The van der Waals surface area contributed by atoms with E-state index in [4.69, 9.17) is 11.6 Å². The fourth-order valence-electron chi connectivity index (χ4n) is 4.67. The first-order valence-corrected chi connectivity index (χ1v) is 10.7. The van der Waals surface area contributed by atoms with Crippen molar-refractivity contribution in [1.29, 1.82) is 0 Å². The van der Waals surface area contributed by atoms with E-state index < -0.39 is 0 Å². The Balaban J connectivity index is 1.76. The Labute approximate surface area is 178 Å². The molecule has 3 aromatic carbocycles. The molecule has 29 heavy (non-hydrogen) atoms. The number of hydrogen-bond donors (Lipinski definition) is 2. The molecule has 150 valence electrons. The van der Waals surface area contributed by atoms with E-state index >= 15 is 0 Å². The normalized spacial score (nSPS) is 20.5. The molecule has 2 N–H and O–H groups in total. The molecule has 0 fully saturated rings. The molecule has 2 unspecified atom stereocenters. The zero-order valence-electron chi connectivity index (χ0n) is 17.2. The number of anilines is 1. The molecule has 0 amide bonds. The monoisotopic (exact) mass is 405 g/mol. The molecule has 4 rings (SSSR count). The average molecular weight is 406 g/mol. The summed E-state index contributed by atoms with van der Waals surface area (Å²) in [4.78, 5) is 0. The number of phenols is 1. The van der Waals surface area contributed by atoms with Gasteiger partial charge in [-0.2, -0.15) is 0 Å². The molecule has 1 aliphatic rings. The molecule has 3 aromatic rings. The minimum absolute atomic E-state index is 0.119. The lowest BCUT2D eigenvalue weighted by molar-refractivity contribution is 0.465. The summed E-state index contributed by atoms with van der Waals surface area (Å²) in [5.41, 5.74) is 5.70. The van der Waals surface area contributed by atoms with E-state index in [9.17, 15) is 5.11 Å². The second-order valence-electron chi connectivity index (χ2n) is 8.85. The van der Waals surface area contributed by atoms with Gasteiger partial charge in [0.05, 0.1) is 0 Å². The molecule has 1 heterocycles. The average Bonchev–Trinajstić information content (AvgIpc) is 2.95. The van der Waals surface area contributed by atoms with E-state index in [0.717, 1.165) is 34.7 Å². The van der Waals surface area contributed by atoms with Crippen LogP contribution in [0.4, 0.5) is 5.69 Å². The lowest BCUT2D eigenvalue weighted by Crippen LogP contribution is -2.39. The summed E-state index contributed by atoms with van der Waals surface area (Å²) in [5.74, 6) is 1.06. The highest BCUT2D eigenvalue weighted by atomic mass is 35.5. The van der Waals surface area contributed by atoms with Crippen LogP contribution >= 0.6 is 11.6 Å². The Morgan fingerprint density at radius 1 is 1.03 bits per heavy atom. The summed E-state index contributed by atoms with van der Waals surface area (Å²) in [6, 6.07) is 22.6. The van der Waals surface area contributed by atoms with Gasteiger partial charge in [0.15, 0.2) is 0 Å². The lowest BCUT2D eigenvalue weighted by Gasteiger charge is -2.33. The van der Waals surface area contributed by atoms with Gasteiger partial charge in [0, 0.05) is 22.2 Å². The van der Waals surface area contributed by atoms with E-state index in [0.29, 0.717) is 11.7 Å². The Morgan fingerprint density at radius 2 is 1.76 bits per heavy atom. The first-order chi connectivity index (χ1) is 13.9. The third-order valence-corrected chi connectivity index (χ3v) is 6.24. The standard InChI is InChI=1S/C26H28ClNO/c1-17(2)14-18-8-10-19(11-9-18)25-22-15-21(29)12-13-24(22)28-26(25,3)16-20-6-4-5-7-23(20)27/h4-13,15,17,25,28-29H,14,16H2,1-3H3. The van der Waals surface area contributed by atoms with Crippen LogP contribution in [0.3, 0.4) is 0 Å². The Morgan fingerprint density at radius 3 is 2.45 bits per heavy atom. The van der Waals surface area contributed by atoms with Crippen molar-refractivity contribution < 1.29 is 5.11 Å². The van der Waals surface area contributed by atoms with Gasteiger partial charge in [-0.1, -0.05) is 67.9 Å². The zero-order chi connectivity index (χ0) is 20.6. The van der Waals surface area contributed by atoms with E-state index in [1.807, 2.05) is 30.3 Å². The molecule has 0 spiro atoms. The largest absolute Gasteiger partial charge is 0.508 e. The zero-order valence-corrected chi connectivity index (χ0v) is 18.0. The van der Waals surface area contributed by atoms with Gasteiger partial charge >= 0.3 is 0 Å². The highest BCUT2D eigenvalue weighted by Gasteiger charge is 2.43. The van der Waals surface area contributed by atoms with Crippen LogP contribution in [0, 0.1) is 5.92 Å². The fourth-order valence-corrected chi connectivity index (χ4v) is 4.88. The number of aromatic hydroxyl groups is 1. The summed E-state index contributed by atoms with van der Waals surface area (Å²) >= 11 is 6.50. The van der Waals surface area contributed by atoms with E-state index in [-0.39, 0.29) is 11.5 Å². The second-order valence-corrected chi connectivity index (χ2v) is 9.26. The van der Waals surface area contributed by atoms with Crippen molar-refractivity contribution >= 4 is 17.3 Å². The first kappa shape index (κ1) is 19.8. The Bertz CT molecular complexity index is 1010. The van der Waals surface area contributed by atoms with Gasteiger partial charge in [0.1, 0.15) is 5.75 Å². The van der Waals surface area contributed by atoms with Crippen LogP contribution in [0.5, 0.6) is 5.75 Å². The second kappa shape index (κ2) is 7.76. The molecule has 0 radical (unpaired) electrons. The molecule has 0 aromatic heterocycles. The van der Waals surface area contributed by atoms with E-state index in [2.05, 4.69) is 56.4 Å². The van der Waals surface area contributed by atoms with Crippen LogP contribution < -0.4 is 5.32 Å². The Kier molecular flexibility index (Phi) is 5.31. The molecule has 3 heteroatoms. The number of phenolic OH excluding ortho intramolecular Hbond substituents is 1. The summed E-state index contributed by atoms with van der Waals surface area (Å²) < 4.78 is 0. The minimum atomic E-state index is -0.249. The van der Waals surface area contributed by atoms with Crippen LogP contribution in [0.2, 0.25) is 5.02 Å². The predicted molar refractivity (Wildman–Crippen MR) is 122 cm³/mol. The van der Waals surface area contributed by atoms with Crippen LogP contribution in [-0.4, -0.2) is 10.6 Å². The van der Waals surface area contributed by atoms with Crippen molar-refractivity contribution in [3.63, 3.8) is 0 Å². The van der Waals surface area contributed by atoms with Gasteiger partial charge in [0.25, 0.3) is 0 Å². The van der Waals surface area contributed by atoms with Crippen molar-refractivity contribution in [2.45, 2.75) is 45.1 Å². The quantitative estimate of drug-likeness (QED) is 0.457. The number of fused-ring (bicyclic) bond motifs is 1. The van der Waals surface area contributed by atoms with Crippen molar-refractivity contribution in [3.05, 3.63) is 94.0 Å². The molecule has 0 aliphatic carbocycles. The summed E-state index contributed by atoms with van der Waals surface area (Å²) in [7, 11) is 0. The van der Waals surface area contributed by atoms with E-state index in [1.54, 1.807) is 6.07 Å². The maximum atomic E-state index is 10.2. The van der Waals surface area contributed by atoms with Crippen LogP contribution in [-0.2, 0) is 12.8 Å². The predicted octanol–water partition coefficient (Wildman–Crippen LogP) is 6.80. The van der Waals surface area contributed by atoms with Crippen LogP contribution in [0.25, 0.3) is 0 Å². The highest BCUT2D eigenvalue weighted by molar-refractivity contribution is 6.31. The van der Waals surface area contributed by atoms with Crippen LogP contribution in [0.1, 0.15) is 48.9 Å². The molecular weight excluding hydrogens is 378 g/mol. The van der Waals surface area contributed by atoms with Crippen molar-refractivity contribution in [1.82, 2.24) is 0 Å². The van der Waals surface area contributed by atoms with Crippen molar-refractivity contribution in [3.8, 4) is 5.75 Å². The minimum Gasteiger partial charge on any atom is -0.508 e. The lowest BCUT2D eigenvalue weighted by atomic mass is 9.75. The van der Waals surface area contributed by atoms with Gasteiger partial charge in [-0.15, -0.1) is 0 Å². The number of hydrogen-bond acceptors (Lipinski definition) is 2. The molecule has 0 saturated carbocycles. The molecule has 2 atom stereocenters. The van der Waals surface area contributed by atoms with Gasteiger partial charge < -0.3 is 10.4 Å². The first-order valence-electron chi connectivity index (χ1n) is 10.3. The van der Waals surface area contributed by atoms with E-state index in [1.165, 1.54) is 11.1 Å². The number of benzene rings is 3.